The van der Waals surface area contributed by atoms with Crippen molar-refractivity contribution in [3.63, 3.8) is 0 Å². The van der Waals surface area contributed by atoms with Crippen molar-refractivity contribution in [1.29, 1.82) is 0 Å². The fourth-order valence-corrected chi connectivity index (χ4v) is 5.35. The highest BCUT2D eigenvalue weighted by atomic mass is 28.3. The molecule has 0 aromatic carbocycles. The smallest absolute Gasteiger partial charge is 0.0479 e. The summed E-state index contributed by atoms with van der Waals surface area (Å²) in [5.74, 6) is 1.05. The van der Waals surface area contributed by atoms with E-state index in [1.807, 2.05) is 0 Å². The lowest BCUT2D eigenvalue weighted by atomic mass is 10.1. The van der Waals surface area contributed by atoms with Crippen LogP contribution in [-0.2, 0) is 0 Å². The summed E-state index contributed by atoms with van der Waals surface area (Å²) in [6, 6.07) is 4.86. The van der Waals surface area contributed by atoms with Crippen molar-refractivity contribution < 1.29 is 0 Å². The summed E-state index contributed by atoms with van der Waals surface area (Å²) in [7, 11) is 0.147. The normalized spacial score (nSPS) is 21.5. The minimum Gasteiger partial charge on any atom is -0.0654 e. The molecule has 71 valence electrons. The van der Waals surface area contributed by atoms with Crippen LogP contribution in [0.5, 0.6) is 0 Å². The molecule has 0 unspecified atom stereocenters. The Kier molecular flexibility index (Phi) is 4.97. The molecular formula is C11H23Si. The van der Waals surface area contributed by atoms with E-state index in [0.29, 0.717) is 0 Å². The van der Waals surface area contributed by atoms with E-state index in [0.717, 1.165) is 5.92 Å². The zero-order chi connectivity index (χ0) is 8.81. The van der Waals surface area contributed by atoms with E-state index < -0.39 is 0 Å². The third kappa shape index (κ3) is 3.75. The van der Waals surface area contributed by atoms with E-state index >= 15 is 0 Å². The maximum Gasteiger partial charge on any atom is 0.0479 e. The Bertz CT molecular complexity index is 104. The number of unbranched alkanes of at least 4 members (excludes halogenated alkanes) is 2. The van der Waals surface area contributed by atoms with Crippen molar-refractivity contribution in [1.82, 2.24) is 0 Å². The van der Waals surface area contributed by atoms with Crippen molar-refractivity contribution >= 4 is 8.80 Å². The molecule has 0 aliphatic carbocycles. The quantitative estimate of drug-likeness (QED) is 0.455. The van der Waals surface area contributed by atoms with Crippen molar-refractivity contribution in [3.8, 4) is 0 Å². The lowest BCUT2D eigenvalue weighted by Gasteiger charge is -2.24. The van der Waals surface area contributed by atoms with Crippen LogP contribution in [0.2, 0.25) is 18.1 Å². The lowest BCUT2D eigenvalue weighted by Crippen LogP contribution is -2.19. The molecule has 0 spiro atoms. The minimum absolute atomic E-state index is 0.147. The Morgan fingerprint density at radius 2 is 1.83 bits per heavy atom. The maximum atomic E-state index is 2.42. The molecule has 1 fully saturated rings. The predicted octanol–water partition coefficient (Wildman–Crippen LogP) is 4.10. The summed E-state index contributed by atoms with van der Waals surface area (Å²) in [5.41, 5.74) is 0. The lowest BCUT2D eigenvalue weighted by molar-refractivity contribution is 0.515. The summed E-state index contributed by atoms with van der Waals surface area (Å²) < 4.78 is 0. The maximum absolute atomic E-state index is 2.42. The van der Waals surface area contributed by atoms with Crippen LogP contribution in [0.4, 0.5) is 0 Å². The van der Waals surface area contributed by atoms with Gasteiger partial charge in [-0.15, -0.1) is 0 Å². The Labute approximate surface area is 79.4 Å². The molecule has 1 heterocycles. The van der Waals surface area contributed by atoms with Crippen molar-refractivity contribution in [2.75, 3.05) is 0 Å². The van der Waals surface area contributed by atoms with Crippen LogP contribution in [0.25, 0.3) is 0 Å². The van der Waals surface area contributed by atoms with Crippen LogP contribution in [0.1, 0.15) is 46.0 Å². The molecule has 1 aliphatic heterocycles. The number of rotatable bonds is 4. The molecule has 1 rings (SSSR count). The zero-order valence-electron chi connectivity index (χ0n) is 8.73. The summed E-state index contributed by atoms with van der Waals surface area (Å²) in [6.07, 6.45) is 7.48. The third-order valence-corrected chi connectivity index (χ3v) is 6.17. The Morgan fingerprint density at radius 3 is 2.42 bits per heavy atom. The van der Waals surface area contributed by atoms with Crippen molar-refractivity contribution in [2.45, 2.75) is 64.1 Å². The van der Waals surface area contributed by atoms with Gasteiger partial charge in [0.05, 0.1) is 0 Å². The van der Waals surface area contributed by atoms with Crippen LogP contribution < -0.4 is 0 Å². The molecule has 0 nitrogen and oxygen atoms in total. The topological polar surface area (TPSA) is 0 Å². The highest BCUT2D eigenvalue weighted by molar-refractivity contribution is 6.58. The minimum atomic E-state index is 0.147. The predicted molar refractivity (Wildman–Crippen MR) is 58.1 cm³/mol. The van der Waals surface area contributed by atoms with Gasteiger partial charge in [-0.05, 0) is 5.92 Å². The second kappa shape index (κ2) is 5.79. The van der Waals surface area contributed by atoms with Gasteiger partial charge in [0.25, 0.3) is 0 Å². The summed E-state index contributed by atoms with van der Waals surface area (Å²) >= 11 is 0. The first-order valence-electron chi connectivity index (χ1n) is 5.66. The van der Waals surface area contributed by atoms with Gasteiger partial charge in [0, 0.05) is 8.80 Å². The second-order valence-corrected chi connectivity index (χ2v) is 7.39. The van der Waals surface area contributed by atoms with Gasteiger partial charge in [0.2, 0.25) is 0 Å². The molecule has 0 atom stereocenters. The van der Waals surface area contributed by atoms with Gasteiger partial charge >= 0.3 is 0 Å². The summed E-state index contributed by atoms with van der Waals surface area (Å²) in [6.45, 7) is 4.73. The van der Waals surface area contributed by atoms with Gasteiger partial charge in [0.15, 0.2) is 0 Å². The van der Waals surface area contributed by atoms with Crippen LogP contribution in [0.3, 0.4) is 0 Å². The highest BCUT2D eigenvalue weighted by Gasteiger charge is 2.18. The zero-order valence-corrected chi connectivity index (χ0v) is 9.73. The molecule has 0 aromatic heterocycles. The van der Waals surface area contributed by atoms with E-state index in [2.05, 4.69) is 13.8 Å². The van der Waals surface area contributed by atoms with Gasteiger partial charge in [-0.1, -0.05) is 64.1 Å². The molecular weight excluding hydrogens is 160 g/mol. The average Bonchev–Trinajstić information content (AvgIpc) is 2.09. The molecule has 0 bridgehead atoms. The van der Waals surface area contributed by atoms with E-state index in [9.17, 15) is 0 Å². The van der Waals surface area contributed by atoms with Gasteiger partial charge in [-0.2, -0.15) is 0 Å². The van der Waals surface area contributed by atoms with E-state index in [4.69, 9.17) is 0 Å². The van der Waals surface area contributed by atoms with Gasteiger partial charge in [-0.3, -0.25) is 0 Å². The average molecular weight is 183 g/mol. The van der Waals surface area contributed by atoms with Crippen LogP contribution in [0, 0.1) is 5.92 Å². The molecule has 0 N–H and O–H groups in total. The van der Waals surface area contributed by atoms with E-state index in [-0.39, 0.29) is 8.80 Å². The third-order valence-electron chi connectivity index (χ3n) is 3.12. The number of hydrogen-bond acceptors (Lipinski definition) is 0. The summed E-state index contributed by atoms with van der Waals surface area (Å²) in [4.78, 5) is 0. The SMILES string of the molecule is CCCCC[Si]1CCC(C)CC1. The van der Waals surface area contributed by atoms with Gasteiger partial charge < -0.3 is 0 Å². The number of hydrogen-bond donors (Lipinski definition) is 0. The molecule has 1 aliphatic rings. The fourth-order valence-electron chi connectivity index (χ4n) is 2.05. The molecule has 0 amide bonds. The second-order valence-electron chi connectivity index (χ2n) is 4.39. The monoisotopic (exact) mass is 183 g/mol. The van der Waals surface area contributed by atoms with Gasteiger partial charge in [-0.25, -0.2) is 0 Å². The summed E-state index contributed by atoms with van der Waals surface area (Å²) in [5, 5.41) is 0. The van der Waals surface area contributed by atoms with Crippen LogP contribution in [0.15, 0.2) is 0 Å². The van der Waals surface area contributed by atoms with Crippen molar-refractivity contribution in [2.24, 2.45) is 5.92 Å². The standard InChI is InChI=1S/C11H23Si/c1-3-4-5-8-12-9-6-11(2)7-10-12/h11H,3-10H2,1-2H3. The van der Waals surface area contributed by atoms with Crippen molar-refractivity contribution in [3.05, 3.63) is 0 Å². The Hall–Kier alpha value is 0.217. The van der Waals surface area contributed by atoms with Crippen LogP contribution in [-0.4, -0.2) is 8.80 Å². The fraction of sp³-hybridized carbons (Fsp3) is 1.00. The van der Waals surface area contributed by atoms with Crippen LogP contribution >= 0.6 is 0 Å². The first kappa shape index (κ1) is 10.3. The Morgan fingerprint density at radius 1 is 1.17 bits per heavy atom. The van der Waals surface area contributed by atoms with E-state index in [1.165, 1.54) is 19.3 Å². The molecule has 12 heavy (non-hydrogen) atoms. The molecule has 0 aromatic rings. The first-order valence-corrected chi connectivity index (χ1v) is 7.78. The Balaban J connectivity index is 2.01. The molecule has 0 saturated carbocycles. The molecule has 1 heteroatoms. The first-order chi connectivity index (χ1) is 5.83. The highest BCUT2D eigenvalue weighted by Crippen LogP contribution is 2.27. The molecule has 1 saturated heterocycles. The molecule has 1 radical (unpaired) electrons. The largest absolute Gasteiger partial charge is 0.0654 e. The van der Waals surface area contributed by atoms with Gasteiger partial charge in [0.1, 0.15) is 0 Å². The van der Waals surface area contributed by atoms with E-state index in [1.54, 1.807) is 31.0 Å².